The van der Waals surface area contributed by atoms with Gasteiger partial charge >= 0.3 is 0 Å². The SMILES string of the molecule is Cc1cc(S(=O)(=O)NC2CCC(=O)NC2=O)cc(N)c1C. The van der Waals surface area contributed by atoms with Crippen LogP contribution in [0.3, 0.4) is 0 Å². The summed E-state index contributed by atoms with van der Waals surface area (Å²) in [5.74, 6) is -1.03. The number of hydrogen-bond acceptors (Lipinski definition) is 5. The first-order valence-electron chi connectivity index (χ1n) is 6.43. The number of sulfonamides is 1. The van der Waals surface area contributed by atoms with Crippen LogP contribution in [0.5, 0.6) is 0 Å². The second-order valence-corrected chi connectivity index (χ2v) is 6.79. The molecule has 1 aromatic carbocycles. The van der Waals surface area contributed by atoms with E-state index in [0.29, 0.717) is 5.69 Å². The van der Waals surface area contributed by atoms with Gasteiger partial charge in [-0.3, -0.25) is 14.9 Å². The molecule has 2 rings (SSSR count). The van der Waals surface area contributed by atoms with Crippen molar-refractivity contribution in [3.8, 4) is 0 Å². The third-order valence-electron chi connectivity index (χ3n) is 3.53. The minimum absolute atomic E-state index is 0.00722. The Balaban J connectivity index is 2.27. The summed E-state index contributed by atoms with van der Waals surface area (Å²) in [4.78, 5) is 22.7. The fourth-order valence-corrected chi connectivity index (χ4v) is 3.42. The van der Waals surface area contributed by atoms with E-state index in [9.17, 15) is 18.0 Å². The lowest BCUT2D eigenvalue weighted by Crippen LogP contribution is -2.52. The van der Waals surface area contributed by atoms with Crippen molar-refractivity contribution in [3.63, 3.8) is 0 Å². The van der Waals surface area contributed by atoms with Gasteiger partial charge in [0.25, 0.3) is 0 Å². The molecule has 1 unspecified atom stereocenters. The van der Waals surface area contributed by atoms with E-state index in [1.807, 2.05) is 0 Å². The van der Waals surface area contributed by atoms with Crippen LogP contribution in [0.2, 0.25) is 0 Å². The molecule has 1 aliphatic rings. The Bertz CT molecular complexity index is 689. The molecule has 8 heteroatoms. The van der Waals surface area contributed by atoms with E-state index in [0.717, 1.165) is 11.1 Å². The second kappa shape index (κ2) is 5.45. The van der Waals surface area contributed by atoms with E-state index in [1.54, 1.807) is 13.8 Å². The standard InChI is InChI=1S/C13H17N3O4S/c1-7-5-9(6-10(14)8(7)2)21(19,20)16-11-3-4-12(17)15-13(11)18/h5-6,11,16H,3-4,14H2,1-2H3,(H,15,17,18). The van der Waals surface area contributed by atoms with Gasteiger partial charge in [0.1, 0.15) is 6.04 Å². The zero-order valence-corrected chi connectivity index (χ0v) is 12.6. The van der Waals surface area contributed by atoms with Gasteiger partial charge in [-0.25, -0.2) is 8.42 Å². The molecule has 7 nitrogen and oxygen atoms in total. The largest absolute Gasteiger partial charge is 0.398 e. The zero-order chi connectivity index (χ0) is 15.8. The first-order valence-corrected chi connectivity index (χ1v) is 7.92. The fraction of sp³-hybridized carbons (Fsp3) is 0.385. The molecule has 114 valence electrons. The summed E-state index contributed by atoms with van der Waals surface area (Å²) in [5.41, 5.74) is 7.72. The van der Waals surface area contributed by atoms with Crippen LogP contribution >= 0.6 is 0 Å². The van der Waals surface area contributed by atoms with Crippen LogP contribution in [0.25, 0.3) is 0 Å². The third-order valence-corrected chi connectivity index (χ3v) is 4.98. The molecule has 1 fully saturated rings. The number of benzene rings is 1. The average molecular weight is 311 g/mol. The lowest BCUT2D eigenvalue weighted by molar-refractivity contribution is -0.134. The van der Waals surface area contributed by atoms with Gasteiger partial charge in [0.05, 0.1) is 4.90 Å². The van der Waals surface area contributed by atoms with Crippen LogP contribution in [0.4, 0.5) is 5.69 Å². The summed E-state index contributed by atoms with van der Waals surface area (Å²) in [6.45, 7) is 3.56. The van der Waals surface area contributed by atoms with Crippen LogP contribution in [-0.2, 0) is 19.6 Å². The Morgan fingerprint density at radius 1 is 1.29 bits per heavy atom. The van der Waals surface area contributed by atoms with E-state index in [2.05, 4.69) is 10.0 Å². The molecule has 0 aromatic heterocycles. The van der Waals surface area contributed by atoms with Crippen LogP contribution in [-0.4, -0.2) is 26.3 Å². The number of carbonyl (C=O) groups is 2. The van der Waals surface area contributed by atoms with Crippen molar-refractivity contribution < 1.29 is 18.0 Å². The molecule has 1 aliphatic heterocycles. The maximum Gasteiger partial charge on any atom is 0.244 e. The molecule has 4 N–H and O–H groups in total. The Morgan fingerprint density at radius 3 is 2.52 bits per heavy atom. The van der Waals surface area contributed by atoms with Crippen LogP contribution in [0, 0.1) is 13.8 Å². The molecular formula is C13H17N3O4S. The summed E-state index contributed by atoms with van der Waals surface area (Å²) in [6, 6.07) is 1.91. The van der Waals surface area contributed by atoms with Gasteiger partial charge in [-0.2, -0.15) is 4.72 Å². The molecule has 0 aliphatic carbocycles. The molecule has 2 amide bonds. The number of anilines is 1. The Morgan fingerprint density at radius 2 is 1.95 bits per heavy atom. The van der Waals surface area contributed by atoms with Crippen LogP contribution in [0.15, 0.2) is 17.0 Å². The molecule has 0 radical (unpaired) electrons. The van der Waals surface area contributed by atoms with E-state index in [-0.39, 0.29) is 17.7 Å². The summed E-state index contributed by atoms with van der Waals surface area (Å²) < 4.78 is 26.9. The van der Waals surface area contributed by atoms with Crippen LogP contribution < -0.4 is 15.8 Å². The van der Waals surface area contributed by atoms with Crippen molar-refractivity contribution in [2.24, 2.45) is 0 Å². The van der Waals surface area contributed by atoms with Gasteiger partial charge in [0, 0.05) is 12.1 Å². The van der Waals surface area contributed by atoms with Crippen molar-refractivity contribution in [1.82, 2.24) is 10.0 Å². The number of rotatable bonds is 3. The molecular weight excluding hydrogens is 294 g/mol. The first-order chi connectivity index (χ1) is 9.70. The fourth-order valence-electron chi connectivity index (χ4n) is 2.07. The summed E-state index contributed by atoms with van der Waals surface area (Å²) in [5, 5.41) is 2.11. The molecule has 0 bridgehead atoms. The predicted molar refractivity (Wildman–Crippen MR) is 76.8 cm³/mol. The van der Waals surface area contributed by atoms with Crippen molar-refractivity contribution in [3.05, 3.63) is 23.3 Å². The number of piperidine rings is 1. The molecule has 1 aromatic rings. The first kappa shape index (κ1) is 15.5. The highest BCUT2D eigenvalue weighted by Gasteiger charge is 2.31. The highest BCUT2D eigenvalue weighted by molar-refractivity contribution is 7.89. The van der Waals surface area contributed by atoms with Gasteiger partial charge in [-0.1, -0.05) is 0 Å². The maximum absolute atomic E-state index is 12.3. The molecule has 1 heterocycles. The topological polar surface area (TPSA) is 118 Å². The zero-order valence-electron chi connectivity index (χ0n) is 11.8. The number of carbonyl (C=O) groups excluding carboxylic acids is 2. The average Bonchev–Trinajstić information content (AvgIpc) is 2.38. The Kier molecular flexibility index (Phi) is 4.02. The highest BCUT2D eigenvalue weighted by Crippen LogP contribution is 2.22. The van der Waals surface area contributed by atoms with Crippen molar-refractivity contribution in [2.75, 3.05) is 5.73 Å². The monoisotopic (exact) mass is 311 g/mol. The number of hydrogen-bond donors (Lipinski definition) is 3. The molecule has 21 heavy (non-hydrogen) atoms. The van der Waals surface area contributed by atoms with E-state index >= 15 is 0 Å². The smallest absolute Gasteiger partial charge is 0.244 e. The van der Waals surface area contributed by atoms with Gasteiger partial charge in [0.2, 0.25) is 21.8 Å². The minimum atomic E-state index is -3.87. The number of nitrogen functional groups attached to an aromatic ring is 1. The molecule has 0 saturated carbocycles. The summed E-state index contributed by atoms with van der Waals surface area (Å²) in [6.07, 6.45) is 0.248. The van der Waals surface area contributed by atoms with Gasteiger partial charge in [0.15, 0.2) is 0 Å². The van der Waals surface area contributed by atoms with Crippen LogP contribution in [0.1, 0.15) is 24.0 Å². The number of nitrogens with one attached hydrogen (secondary N) is 2. The van der Waals surface area contributed by atoms with E-state index in [1.165, 1.54) is 12.1 Å². The number of imide groups is 1. The van der Waals surface area contributed by atoms with E-state index in [4.69, 9.17) is 5.73 Å². The maximum atomic E-state index is 12.3. The number of nitrogens with two attached hydrogens (primary N) is 1. The van der Waals surface area contributed by atoms with Gasteiger partial charge < -0.3 is 5.73 Å². The summed E-state index contributed by atoms with van der Waals surface area (Å²) in [7, 11) is -3.87. The lowest BCUT2D eigenvalue weighted by Gasteiger charge is -2.22. The Hall–Kier alpha value is -1.93. The van der Waals surface area contributed by atoms with Gasteiger partial charge in [-0.05, 0) is 43.5 Å². The summed E-state index contributed by atoms with van der Waals surface area (Å²) >= 11 is 0. The number of aryl methyl sites for hydroxylation is 1. The molecule has 1 saturated heterocycles. The molecule has 1 atom stereocenters. The Labute approximate surface area is 123 Å². The van der Waals surface area contributed by atoms with Crippen molar-refractivity contribution >= 4 is 27.5 Å². The highest BCUT2D eigenvalue weighted by atomic mass is 32.2. The quantitative estimate of drug-likeness (QED) is 0.535. The predicted octanol–water partition coefficient (Wildman–Crippen LogP) is -0.0309. The van der Waals surface area contributed by atoms with Crippen molar-refractivity contribution in [2.45, 2.75) is 37.6 Å². The van der Waals surface area contributed by atoms with E-state index < -0.39 is 27.9 Å². The normalized spacial score (nSPS) is 19.4. The minimum Gasteiger partial charge on any atom is -0.398 e. The number of amides is 2. The third kappa shape index (κ3) is 3.22. The van der Waals surface area contributed by atoms with Gasteiger partial charge in [-0.15, -0.1) is 0 Å². The lowest BCUT2D eigenvalue weighted by atomic mass is 10.1. The second-order valence-electron chi connectivity index (χ2n) is 5.08. The van der Waals surface area contributed by atoms with Crippen molar-refractivity contribution in [1.29, 1.82) is 0 Å². The molecule has 0 spiro atoms.